The highest BCUT2D eigenvalue weighted by Gasteiger charge is 2.25. The minimum atomic E-state index is -2.90. The van der Waals surface area contributed by atoms with E-state index in [2.05, 4.69) is 4.74 Å². The van der Waals surface area contributed by atoms with Gasteiger partial charge in [-0.3, -0.25) is 4.79 Å². The molecule has 3 rings (SSSR count). The van der Waals surface area contributed by atoms with E-state index in [-0.39, 0.29) is 11.5 Å². The highest BCUT2D eigenvalue weighted by Crippen LogP contribution is 2.25. The molecule has 1 heterocycles. The van der Waals surface area contributed by atoms with Gasteiger partial charge < -0.3 is 18.9 Å². The number of ketones is 1. The topological polar surface area (TPSA) is 60.8 Å². The van der Waals surface area contributed by atoms with Crippen LogP contribution < -0.4 is 9.64 Å². The molecule has 0 aliphatic carbocycles. The molecule has 0 saturated heterocycles. The van der Waals surface area contributed by atoms with E-state index in [0.29, 0.717) is 22.5 Å². The number of aromatic nitrogens is 1. The number of alkyl halides is 2. The van der Waals surface area contributed by atoms with Gasteiger partial charge >= 0.3 is 12.6 Å². The molecule has 0 aliphatic heterocycles. The first-order valence-corrected chi connectivity index (χ1v) is 10.3. The van der Waals surface area contributed by atoms with Crippen molar-refractivity contribution < 1.29 is 27.8 Å². The molecule has 1 aromatic heterocycles. The fourth-order valence-electron chi connectivity index (χ4n) is 3.58. The van der Waals surface area contributed by atoms with Crippen molar-refractivity contribution in [3.63, 3.8) is 0 Å². The van der Waals surface area contributed by atoms with Crippen LogP contribution in [0.1, 0.15) is 39.0 Å². The molecule has 0 radical (unpaired) electrons. The number of ether oxygens (including phenoxy) is 2. The number of nitrogens with zero attached hydrogens (tertiary/aromatic N) is 2. The number of carbonyl (C=O) groups is 2. The number of rotatable bonds is 8. The number of Topliss-reactive ketones (excluding diaryl/α,β-unsaturated/α-hetero) is 1. The second kappa shape index (κ2) is 9.85. The number of anilines is 1. The van der Waals surface area contributed by atoms with Crippen molar-refractivity contribution >= 4 is 17.4 Å². The average molecular weight is 456 g/mol. The van der Waals surface area contributed by atoms with Crippen molar-refractivity contribution in [1.82, 2.24) is 4.57 Å². The van der Waals surface area contributed by atoms with Crippen molar-refractivity contribution in [2.45, 2.75) is 33.5 Å². The lowest BCUT2D eigenvalue weighted by atomic mass is 10.1. The number of hydrogen-bond donors (Lipinski definition) is 0. The minimum Gasteiger partial charge on any atom is -0.451 e. The molecule has 0 saturated carbocycles. The summed E-state index contributed by atoms with van der Waals surface area (Å²) in [6, 6.07) is 14.8. The summed E-state index contributed by atoms with van der Waals surface area (Å²) in [5, 5.41) is 0. The monoisotopic (exact) mass is 456 g/mol. The summed E-state index contributed by atoms with van der Waals surface area (Å²) in [4.78, 5) is 27.5. The van der Waals surface area contributed by atoms with Gasteiger partial charge in [0.25, 0.3) is 0 Å². The smallest absolute Gasteiger partial charge is 0.387 e. The van der Waals surface area contributed by atoms with Gasteiger partial charge in [0.05, 0.1) is 5.56 Å². The Morgan fingerprint density at radius 2 is 1.58 bits per heavy atom. The summed E-state index contributed by atoms with van der Waals surface area (Å²) in [7, 11) is 3.80. The van der Waals surface area contributed by atoms with E-state index in [4.69, 9.17) is 4.74 Å². The van der Waals surface area contributed by atoms with Crippen LogP contribution in [-0.2, 0) is 4.74 Å². The van der Waals surface area contributed by atoms with Crippen LogP contribution in [-0.4, -0.2) is 43.1 Å². The molecular formula is C25H26F2N2O4. The number of esters is 1. The van der Waals surface area contributed by atoms with Crippen LogP contribution >= 0.6 is 0 Å². The first-order chi connectivity index (χ1) is 15.6. The van der Waals surface area contributed by atoms with Crippen LogP contribution in [0, 0.1) is 13.8 Å². The zero-order valence-electron chi connectivity index (χ0n) is 19.1. The first-order valence-electron chi connectivity index (χ1n) is 10.3. The molecule has 0 bridgehead atoms. The van der Waals surface area contributed by atoms with Crippen LogP contribution in [0.5, 0.6) is 5.75 Å². The summed E-state index contributed by atoms with van der Waals surface area (Å²) < 4.78 is 36.4. The van der Waals surface area contributed by atoms with Gasteiger partial charge in [-0.15, -0.1) is 0 Å². The van der Waals surface area contributed by atoms with Crippen molar-refractivity contribution in [1.29, 1.82) is 0 Å². The van der Waals surface area contributed by atoms with Crippen molar-refractivity contribution in [2.75, 3.05) is 19.0 Å². The number of carbonyl (C=O) groups excluding carboxylic acids is 2. The standard InChI is InChI=1S/C25H26F2N2O4/c1-15-14-22(16(2)29(15)20-10-12-21(13-11-20)33-25(26)27)23(30)17(3)32-24(31)18-6-8-19(9-7-18)28(4)5/h6-14,17,25H,1-5H3. The lowest BCUT2D eigenvalue weighted by Crippen LogP contribution is -2.25. The second-order valence-corrected chi connectivity index (χ2v) is 7.85. The lowest BCUT2D eigenvalue weighted by molar-refractivity contribution is -0.0498. The van der Waals surface area contributed by atoms with Crippen LogP contribution in [0.15, 0.2) is 54.6 Å². The highest BCUT2D eigenvalue weighted by atomic mass is 19.3. The van der Waals surface area contributed by atoms with E-state index in [1.165, 1.54) is 19.1 Å². The van der Waals surface area contributed by atoms with Gasteiger partial charge in [0, 0.05) is 42.4 Å². The Labute approximate surface area is 191 Å². The number of aryl methyl sites for hydroxylation is 1. The molecule has 0 aliphatic rings. The summed E-state index contributed by atoms with van der Waals surface area (Å²) >= 11 is 0. The van der Waals surface area contributed by atoms with Crippen LogP contribution in [0.4, 0.5) is 14.5 Å². The Hall–Kier alpha value is -3.68. The van der Waals surface area contributed by atoms with E-state index < -0.39 is 18.7 Å². The minimum absolute atomic E-state index is 0.0478. The Kier molecular flexibility index (Phi) is 7.16. The Balaban J connectivity index is 1.76. The lowest BCUT2D eigenvalue weighted by Gasteiger charge is -2.15. The molecular weight excluding hydrogens is 430 g/mol. The maximum absolute atomic E-state index is 13.0. The third-order valence-electron chi connectivity index (χ3n) is 5.29. The van der Waals surface area contributed by atoms with E-state index in [9.17, 15) is 18.4 Å². The predicted octanol–water partition coefficient (Wildman–Crippen LogP) is 5.19. The summed E-state index contributed by atoms with van der Waals surface area (Å²) in [6.07, 6.45) is -0.984. The highest BCUT2D eigenvalue weighted by molar-refractivity contribution is 6.02. The average Bonchev–Trinajstić information content (AvgIpc) is 3.07. The molecule has 6 nitrogen and oxygen atoms in total. The van der Waals surface area contributed by atoms with Crippen molar-refractivity contribution in [2.24, 2.45) is 0 Å². The van der Waals surface area contributed by atoms with E-state index >= 15 is 0 Å². The largest absolute Gasteiger partial charge is 0.451 e. The van der Waals surface area contributed by atoms with Gasteiger partial charge in [0.2, 0.25) is 5.78 Å². The molecule has 0 fully saturated rings. The Morgan fingerprint density at radius 3 is 2.12 bits per heavy atom. The molecule has 1 unspecified atom stereocenters. The van der Waals surface area contributed by atoms with Gasteiger partial charge in [-0.2, -0.15) is 8.78 Å². The Morgan fingerprint density at radius 1 is 0.970 bits per heavy atom. The fourth-order valence-corrected chi connectivity index (χ4v) is 3.58. The van der Waals surface area contributed by atoms with Gasteiger partial charge in [-0.25, -0.2) is 4.79 Å². The molecule has 174 valence electrons. The number of benzene rings is 2. The van der Waals surface area contributed by atoms with E-state index in [1.54, 1.807) is 49.4 Å². The molecule has 0 spiro atoms. The zero-order chi connectivity index (χ0) is 24.3. The van der Waals surface area contributed by atoms with Crippen LogP contribution in [0.3, 0.4) is 0 Å². The summed E-state index contributed by atoms with van der Waals surface area (Å²) in [6.45, 7) is 2.25. The fraction of sp³-hybridized carbons (Fsp3) is 0.280. The predicted molar refractivity (Wildman–Crippen MR) is 122 cm³/mol. The summed E-state index contributed by atoms with van der Waals surface area (Å²) in [5.41, 5.74) is 3.84. The molecule has 0 amide bonds. The molecule has 0 N–H and O–H groups in total. The Bertz CT molecular complexity index is 1140. The molecule has 1 atom stereocenters. The molecule has 2 aromatic carbocycles. The van der Waals surface area contributed by atoms with Crippen LogP contribution in [0.25, 0.3) is 5.69 Å². The van der Waals surface area contributed by atoms with E-state index in [0.717, 1.165) is 11.4 Å². The third-order valence-corrected chi connectivity index (χ3v) is 5.29. The normalized spacial score (nSPS) is 11.9. The zero-order valence-corrected chi connectivity index (χ0v) is 19.1. The van der Waals surface area contributed by atoms with Gasteiger partial charge in [-0.1, -0.05) is 0 Å². The maximum Gasteiger partial charge on any atom is 0.387 e. The third kappa shape index (κ3) is 5.39. The number of halogens is 2. The maximum atomic E-state index is 13.0. The van der Waals surface area contributed by atoms with Gasteiger partial charge in [-0.05, 0) is 75.4 Å². The van der Waals surface area contributed by atoms with Crippen molar-refractivity contribution in [3.05, 3.63) is 77.1 Å². The second-order valence-electron chi connectivity index (χ2n) is 7.85. The number of hydrogen-bond acceptors (Lipinski definition) is 5. The van der Waals surface area contributed by atoms with Crippen molar-refractivity contribution in [3.8, 4) is 11.4 Å². The SMILES string of the molecule is Cc1cc(C(=O)C(C)OC(=O)c2ccc(N(C)C)cc2)c(C)n1-c1ccc(OC(F)F)cc1. The molecule has 3 aromatic rings. The van der Waals surface area contributed by atoms with Gasteiger partial charge in [0.15, 0.2) is 6.10 Å². The summed E-state index contributed by atoms with van der Waals surface area (Å²) in [5.74, 6) is -0.860. The van der Waals surface area contributed by atoms with Crippen LogP contribution in [0.2, 0.25) is 0 Å². The molecule has 33 heavy (non-hydrogen) atoms. The molecule has 8 heteroatoms. The first kappa shape index (κ1) is 24.0. The van der Waals surface area contributed by atoms with E-state index in [1.807, 2.05) is 30.5 Å². The van der Waals surface area contributed by atoms with Gasteiger partial charge in [0.1, 0.15) is 5.75 Å². The quantitative estimate of drug-likeness (QED) is 0.345.